The molecule has 1 aromatic carbocycles. The van der Waals surface area contributed by atoms with E-state index in [0.717, 1.165) is 5.75 Å². The Morgan fingerprint density at radius 3 is 1.56 bits per heavy atom. The average Bonchev–Trinajstić information content (AvgIpc) is 2.16. The van der Waals surface area contributed by atoms with Crippen molar-refractivity contribution in [3.8, 4) is 5.75 Å². The Balaban J connectivity index is 3.23. The molecule has 0 spiro atoms. The number of para-hydroxylation sites is 1. The van der Waals surface area contributed by atoms with Gasteiger partial charge in [0.25, 0.3) is 0 Å². The molecule has 0 atom stereocenters. The molecule has 0 aromatic heterocycles. The van der Waals surface area contributed by atoms with Gasteiger partial charge in [0.05, 0.1) is 6.10 Å². The molecule has 0 aliphatic carbocycles. The topological polar surface area (TPSA) is 9.23 Å². The zero-order chi connectivity index (χ0) is 12.3. The first-order chi connectivity index (χ1) is 7.43. The molecule has 16 heavy (non-hydrogen) atoms. The molecule has 1 aromatic rings. The van der Waals surface area contributed by atoms with Crippen LogP contribution in [0.15, 0.2) is 18.2 Å². The zero-order valence-corrected chi connectivity index (χ0v) is 11.4. The second-order valence-electron chi connectivity index (χ2n) is 5.24. The molecule has 90 valence electrons. The third-order valence-electron chi connectivity index (χ3n) is 2.67. The van der Waals surface area contributed by atoms with Crippen molar-refractivity contribution in [3.05, 3.63) is 29.3 Å². The van der Waals surface area contributed by atoms with Gasteiger partial charge < -0.3 is 4.74 Å². The highest BCUT2D eigenvalue weighted by molar-refractivity contribution is 5.44. The summed E-state index contributed by atoms with van der Waals surface area (Å²) in [6.45, 7) is 13.0. The lowest BCUT2D eigenvalue weighted by atomic mass is 9.94. The summed E-state index contributed by atoms with van der Waals surface area (Å²) >= 11 is 0. The Morgan fingerprint density at radius 1 is 0.812 bits per heavy atom. The predicted molar refractivity (Wildman–Crippen MR) is 70.4 cm³/mol. The fourth-order valence-corrected chi connectivity index (χ4v) is 1.85. The minimum absolute atomic E-state index is 0.234. The van der Waals surface area contributed by atoms with Crippen LogP contribution in [-0.4, -0.2) is 6.10 Å². The maximum absolute atomic E-state index is 6.00. The lowest BCUT2D eigenvalue weighted by molar-refractivity contribution is 0.236. The Morgan fingerprint density at radius 2 is 1.25 bits per heavy atom. The van der Waals surface area contributed by atoms with Crippen molar-refractivity contribution in [2.24, 2.45) is 0 Å². The third-order valence-corrected chi connectivity index (χ3v) is 2.67. The van der Waals surface area contributed by atoms with Crippen molar-refractivity contribution in [2.75, 3.05) is 0 Å². The van der Waals surface area contributed by atoms with E-state index in [0.29, 0.717) is 11.8 Å². The SMILES string of the molecule is CC(C)Oc1c(C(C)C)cccc1C(C)C. The van der Waals surface area contributed by atoms with Crippen molar-refractivity contribution in [2.45, 2.75) is 59.5 Å². The van der Waals surface area contributed by atoms with E-state index in [1.54, 1.807) is 0 Å². The lowest BCUT2D eigenvalue weighted by Gasteiger charge is -2.21. The Hall–Kier alpha value is -0.980. The van der Waals surface area contributed by atoms with E-state index in [1.807, 2.05) is 0 Å². The van der Waals surface area contributed by atoms with Gasteiger partial charge in [0.15, 0.2) is 0 Å². The van der Waals surface area contributed by atoms with Gasteiger partial charge in [-0.15, -0.1) is 0 Å². The summed E-state index contributed by atoms with van der Waals surface area (Å²) in [6.07, 6.45) is 0.234. The molecular weight excluding hydrogens is 196 g/mol. The second kappa shape index (κ2) is 5.38. The summed E-state index contributed by atoms with van der Waals surface area (Å²) in [6, 6.07) is 6.49. The predicted octanol–water partition coefficient (Wildman–Crippen LogP) is 4.72. The molecule has 0 radical (unpaired) electrons. The molecule has 0 saturated carbocycles. The lowest BCUT2D eigenvalue weighted by Crippen LogP contribution is -2.10. The smallest absolute Gasteiger partial charge is 0.126 e. The standard InChI is InChI=1S/C15H24O/c1-10(2)13-8-7-9-14(11(3)4)15(13)16-12(5)6/h7-12H,1-6H3. The highest BCUT2D eigenvalue weighted by Gasteiger charge is 2.15. The maximum atomic E-state index is 6.00. The van der Waals surface area contributed by atoms with E-state index >= 15 is 0 Å². The largest absolute Gasteiger partial charge is 0.490 e. The minimum Gasteiger partial charge on any atom is -0.490 e. The van der Waals surface area contributed by atoms with Gasteiger partial charge in [-0.05, 0) is 36.8 Å². The Labute approximate surface area is 99.8 Å². The van der Waals surface area contributed by atoms with Crippen molar-refractivity contribution >= 4 is 0 Å². The molecule has 1 heteroatoms. The van der Waals surface area contributed by atoms with Crippen LogP contribution in [0.3, 0.4) is 0 Å². The van der Waals surface area contributed by atoms with Gasteiger partial charge in [0.2, 0.25) is 0 Å². The summed E-state index contributed by atoms with van der Waals surface area (Å²) < 4.78 is 6.00. The number of rotatable bonds is 4. The fourth-order valence-electron chi connectivity index (χ4n) is 1.85. The van der Waals surface area contributed by atoms with Crippen molar-refractivity contribution in [3.63, 3.8) is 0 Å². The molecule has 1 rings (SSSR count). The average molecular weight is 220 g/mol. The van der Waals surface area contributed by atoms with Gasteiger partial charge >= 0.3 is 0 Å². The fraction of sp³-hybridized carbons (Fsp3) is 0.600. The van der Waals surface area contributed by atoms with E-state index < -0.39 is 0 Å². The van der Waals surface area contributed by atoms with Gasteiger partial charge in [0.1, 0.15) is 5.75 Å². The third kappa shape index (κ3) is 3.01. The van der Waals surface area contributed by atoms with Crippen LogP contribution in [0, 0.1) is 0 Å². The molecule has 0 aliphatic rings. The number of ether oxygens (including phenoxy) is 1. The summed E-state index contributed by atoms with van der Waals surface area (Å²) in [5, 5.41) is 0. The molecule has 0 fully saturated rings. The van der Waals surface area contributed by atoms with E-state index in [1.165, 1.54) is 11.1 Å². The van der Waals surface area contributed by atoms with E-state index in [4.69, 9.17) is 4.74 Å². The van der Waals surface area contributed by atoms with Crippen LogP contribution in [0.4, 0.5) is 0 Å². The molecule has 0 heterocycles. The number of hydrogen-bond donors (Lipinski definition) is 0. The monoisotopic (exact) mass is 220 g/mol. The molecule has 0 aliphatic heterocycles. The van der Waals surface area contributed by atoms with Gasteiger partial charge in [-0.25, -0.2) is 0 Å². The highest BCUT2D eigenvalue weighted by Crippen LogP contribution is 2.34. The first-order valence-electron chi connectivity index (χ1n) is 6.23. The highest BCUT2D eigenvalue weighted by atomic mass is 16.5. The maximum Gasteiger partial charge on any atom is 0.126 e. The van der Waals surface area contributed by atoms with Crippen LogP contribution in [-0.2, 0) is 0 Å². The van der Waals surface area contributed by atoms with Crippen LogP contribution in [0.2, 0.25) is 0 Å². The van der Waals surface area contributed by atoms with E-state index in [9.17, 15) is 0 Å². The summed E-state index contributed by atoms with van der Waals surface area (Å²) in [5.41, 5.74) is 2.64. The first kappa shape index (κ1) is 13.1. The molecule has 0 saturated heterocycles. The van der Waals surface area contributed by atoms with Crippen molar-refractivity contribution < 1.29 is 4.74 Å². The number of benzene rings is 1. The quantitative estimate of drug-likeness (QED) is 0.713. The summed E-state index contributed by atoms with van der Waals surface area (Å²) in [5.74, 6) is 2.11. The van der Waals surface area contributed by atoms with Gasteiger partial charge in [-0.3, -0.25) is 0 Å². The van der Waals surface area contributed by atoms with Crippen LogP contribution >= 0.6 is 0 Å². The van der Waals surface area contributed by atoms with Crippen LogP contribution in [0.25, 0.3) is 0 Å². The molecule has 1 nitrogen and oxygen atoms in total. The molecule has 0 N–H and O–H groups in total. The van der Waals surface area contributed by atoms with E-state index in [-0.39, 0.29) is 6.10 Å². The molecular formula is C15H24O. The van der Waals surface area contributed by atoms with Crippen LogP contribution in [0.5, 0.6) is 5.75 Å². The minimum atomic E-state index is 0.234. The Kier molecular flexibility index (Phi) is 4.40. The second-order valence-corrected chi connectivity index (χ2v) is 5.24. The van der Waals surface area contributed by atoms with Crippen LogP contribution in [0.1, 0.15) is 64.5 Å². The van der Waals surface area contributed by atoms with E-state index in [2.05, 4.69) is 59.7 Å². The van der Waals surface area contributed by atoms with Crippen LogP contribution < -0.4 is 4.74 Å². The normalized spacial score (nSPS) is 11.6. The van der Waals surface area contributed by atoms with Crippen molar-refractivity contribution in [1.82, 2.24) is 0 Å². The van der Waals surface area contributed by atoms with Gasteiger partial charge in [-0.2, -0.15) is 0 Å². The molecule has 0 amide bonds. The number of hydrogen-bond acceptors (Lipinski definition) is 1. The molecule has 0 bridgehead atoms. The Bertz CT molecular complexity index is 311. The van der Waals surface area contributed by atoms with Gasteiger partial charge in [-0.1, -0.05) is 45.9 Å². The molecule has 0 unspecified atom stereocenters. The summed E-state index contributed by atoms with van der Waals surface area (Å²) in [4.78, 5) is 0. The van der Waals surface area contributed by atoms with Crippen molar-refractivity contribution in [1.29, 1.82) is 0 Å². The van der Waals surface area contributed by atoms with Gasteiger partial charge in [0, 0.05) is 0 Å². The zero-order valence-electron chi connectivity index (χ0n) is 11.4. The first-order valence-corrected chi connectivity index (χ1v) is 6.23. The summed E-state index contributed by atoms with van der Waals surface area (Å²) in [7, 11) is 0.